The first kappa shape index (κ1) is 12.0. The Morgan fingerprint density at radius 3 is 2.50 bits per heavy atom. The van der Waals surface area contributed by atoms with E-state index in [0.29, 0.717) is 6.42 Å². The highest BCUT2D eigenvalue weighted by molar-refractivity contribution is 6.40. The van der Waals surface area contributed by atoms with Crippen LogP contribution in [0.1, 0.15) is 32.6 Å². The van der Waals surface area contributed by atoms with E-state index in [4.69, 9.17) is 4.74 Å². The van der Waals surface area contributed by atoms with Crippen LogP contribution in [0.2, 0.25) is 6.04 Å². The molecule has 0 N–H and O–H groups in total. The van der Waals surface area contributed by atoms with E-state index in [-0.39, 0.29) is 13.0 Å². The number of hydrogen-bond donors (Lipinski definition) is 0. The van der Waals surface area contributed by atoms with Gasteiger partial charge >= 0.3 is 6.18 Å². The summed E-state index contributed by atoms with van der Waals surface area (Å²) in [4.78, 5) is 0. The largest absolute Gasteiger partial charge is 0.413 e. The van der Waals surface area contributed by atoms with Crippen molar-refractivity contribution in [1.29, 1.82) is 0 Å². The van der Waals surface area contributed by atoms with Gasteiger partial charge in [-0.05, 0) is 19.3 Å². The van der Waals surface area contributed by atoms with Gasteiger partial charge in [-0.25, -0.2) is 0 Å². The minimum Gasteiger partial charge on any atom is -0.370 e. The minimum atomic E-state index is -4.14. The minimum absolute atomic E-state index is 0.197. The molecule has 0 saturated carbocycles. The average molecular weight is 226 g/mol. The summed E-state index contributed by atoms with van der Waals surface area (Å²) in [5.74, 6) is 0. The predicted molar refractivity (Wildman–Crippen MR) is 52.2 cm³/mol. The Morgan fingerprint density at radius 1 is 1.36 bits per heavy atom. The van der Waals surface area contributed by atoms with Gasteiger partial charge in [-0.3, -0.25) is 0 Å². The van der Waals surface area contributed by atoms with Gasteiger partial charge in [0.15, 0.2) is 0 Å². The maximum atomic E-state index is 12.8. The lowest BCUT2D eigenvalue weighted by molar-refractivity contribution is -0.253. The van der Waals surface area contributed by atoms with E-state index in [0.717, 1.165) is 18.9 Å². The number of halogens is 3. The van der Waals surface area contributed by atoms with E-state index in [2.05, 4.69) is 0 Å². The number of alkyl halides is 3. The molecule has 1 fully saturated rings. The fraction of sp³-hybridized carbons (Fsp3) is 1.00. The number of hydrogen-bond acceptors (Lipinski definition) is 1. The van der Waals surface area contributed by atoms with Crippen LogP contribution < -0.4 is 0 Å². The van der Waals surface area contributed by atoms with Gasteiger partial charge in [0.25, 0.3) is 0 Å². The van der Waals surface area contributed by atoms with Crippen LogP contribution in [0.3, 0.4) is 0 Å². The van der Waals surface area contributed by atoms with Gasteiger partial charge in [-0.2, -0.15) is 13.2 Å². The summed E-state index contributed by atoms with van der Waals surface area (Å²) in [5.41, 5.74) is 0. The van der Waals surface area contributed by atoms with Crippen molar-refractivity contribution in [1.82, 2.24) is 0 Å². The molecule has 0 bridgehead atoms. The van der Waals surface area contributed by atoms with Crippen LogP contribution in [0, 0.1) is 0 Å². The van der Waals surface area contributed by atoms with Crippen molar-refractivity contribution in [2.75, 3.05) is 6.61 Å². The highest BCUT2D eigenvalue weighted by atomic mass is 28.2. The summed E-state index contributed by atoms with van der Waals surface area (Å²) < 4.78 is 43.6. The Bertz CT molecular complexity index is 175. The van der Waals surface area contributed by atoms with Crippen LogP contribution in [-0.2, 0) is 4.74 Å². The third-order valence-corrected chi connectivity index (χ3v) is 5.63. The zero-order valence-corrected chi connectivity index (χ0v) is 9.91. The fourth-order valence-corrected chi connectivity index (χ4v) is 3.87. The molecule has 84 valence electrons. The van der Waals surface area contributed by atoms with Crippen LogP contribution in [-0.4, -0.2) is 27.5 Å². The van der Waals surface area contributed by atoms with Gasteiger partial charge in [0, 0.05) is 6.61 Å². The summed E-state index contributed by atoms with van der Waals surface area (Å²) in [6.07, 6.45) is -1.67. The first-order valence-corrected chi connectivity index (χ1v) is 6.93. The van der Waals surface area contributed by atoms with Crippen molar-refractivity contribution < 1.29 is 17.9 Å². The standard InChI is InChI=1S/C9H17F3OSi/c1-2-7-14-8(9(10,11)12)5-3-4-6-13-8/h2-7,14H2,1H3. The van der Waals surface area contributed by atoms with Crippen molar-refractivity contribution in [3.05, 3.63) is 0 Å². The summed E-state index contributed by atoms with van der Waals surface area (Å²) in [6, 6.07) is 0.722. The number of ether oxygens (including phenoxy) is 1. The Balaban J connectivity index is 2.67. The third-order valence-electron chi connectivity index (χ3n) is 2.80. The topological polar surface area (TPSA) is 9.23 Å². The maximum Gasteiger partial charge on any atom is 0.413 e. The molecule has 0 spiro atoms. The summed E-state index contributed by atoms with van der Waals surface area (Å²) in [7, 11) is -1.19. The van der Waals surface area contributed by atoms with Crippen molar-refractivity contribution in [3.8, 4) is 0 Å². The van der Waals surface area contributed by atoms with E-state index < -0.39 is 20.9 Å². The molecule has 1 unspecified atom stereocenters. The highest BCUT2D eigenvalue weighted by Crippen LogP contribution is 2.40. The Hall–Kier alpha value is -0.0331. The van der Waals surface area contributed by atoms with Crippen LogP contribution >= 0.6 is 0 Å². The monoisotopic (exact) mass is 226 g/mol. The van der Waals surface area contributed by atoms with Crippen LogP contribution in [0.5, 0.6) is 0 Å². The summed E-state index contributed by atoms with van der Waals surface area (Å²) >= 11 is 0. The van der Waals surface area contributed by atoms with Crippen LogP contribution in [0.25, 0.3) is 0 Å². The maximum absolute atomic E-state index is 12.8. The molecule has 0 aromatic carbocycles. The average Bonchev–Trinajstić information content (AvgIpc) is 2.14. The van der Waals surface area contributed by atoms with Crippen molar-refractivity contribution >= 4 is 9.52 Å². The normalized spacial score (nSPS) is 30.0. The lowest BCUT2D eigenvalue weighted by Crippen LogP contribution is -2.54. The van der Waals surface area contributed by atoms with Crippen LogP contribution in [0.15, 0.2) is 0 Å². The Kier molecular flexibility index (Phi) is 4.01. The first-order chi connectivity index (χ1) is 6.52. The molecule has 0 aromatic rings. The lowest BCUT2D eigenvalue weighted by atomic mass is 10.1. The molecule has 1 nitrogen and oxygen atoms in total. The van der Waals surface area contributed by atoms with E-state index in [1.165, 1.54) is 0 Å². The van der Waals surface area contributed by atoms with Crippen LogP contribution in [0.4, 0.5) is 13.2 Å². The van der Waals surface area contributed by atoms with Gasteiger partial charge in [0.05, 0.1) is 9.52 Å². The van der Waals surface area contributed by atoms with Gasteiger partial charge < -0.3 is 4.74 Å². The number of rotatable bonds is 3. The van der Waals surface area contributed by atoms with E-state index in [9.17, 15) is 13.2 Å². The molecule has 0 aromatic heterocycles. The van der Waals surface area contributed by atoms with E-state index >= 15 is 0 Å². The van der Waals surface area contributed by atoms with E-state index in [1.807, 2.05) is 6.92 Å². The molecule has 0 aliphatic carbocycles. The smallest absolute Gasteiger partial charge is 0.370 e. The van der Waals surface area contributed by atoms with Gasteiger partial charge in [-0.1, -0.05) is 19.4 Å². The molecule has 1 rings (SSSR count). The zero-order chi connectivity index (χ0) is 10.7. The Labute approximate surface area is 84.8 Å². The molecule has 0 amide bonds. The molecular weight excluding hydrogens is 209 g/mol. The second-order valence-electron chi connectivity index (χ2n) is 3.90. The fourth-order valence-electron chi connectivity index (χ4n) is 1.88. The lowest BCUT2D eigenvalue weighted by Gasteiger charge is -2.38. The third kappa shape index (κ3) is 2.51. The first-order valence-electron chi connectivity index (χ1n) is 5.22. The van der Waals surface area contributed by atoms with Crippen molar-refractivity contribution in [3.63, 3.8) is 0 Å². The molecule has 14 heavy (non-hydrogen) atoms. The molecule has 1 heterocycles. The van der Waals surface area contributed by atoms with Crippen molar-refractivity contribution in [2.24, 2.45) is 0 Å². The summed E-state index contributed by atoms with van der Waals surface area (Å²) in [5, 5.41) is -1.69. The summed E-state index contributed by atoms with van der Waals surface area (Å²) in [6.45, 7) is 2.22. The van der Waals surface area contributed by atoms with E-state index in [1.54, 1.807) is 0 Å². The van der Waals surface area contributed by atoms with Gasteiger partial charge in [-0.15, -0.1) is 0 Å². The zero-order valence-electron chi connectivity index (χ0n) is 8.49. The molecule has 1 aliphatic rings. The molecular formula is C9H17F3OSi. The van der Waals surface area contributed by atoms with Gasteiger partial charge in [0.2, 0.25) is 0 Å². The molecule has 1 atom stereocenters. The SMILES string of the molecule is CCC[SiH2]C1(C(F)(F)F)CCCCO1. The predicted octanol–water partition coefficient (Wildman–Crippen LogP) is 2.44. The molecule has 5 heteroatoms. The molecule has 1 aliphatic heterocycles. The Morgan fingerprint density at radius 2 is 2.07 bits per heavy atom. The molecule has 0 radical (unpaired) electrons. The van der Waals surface area contributed by atoms with Crippen molar-refractivity contribution in [2.45, 2.75) is 50.1 Å². The molecule has 1 saturated heterocycles. The second-order valence-corrected chi connectivity index (χ2v) is 6.25. The highest BCUT2D eigenvalue weighted by Gasteiger charge is 2.55. The quantitative estimate of drug-likeness (QED) is 0.672. The second kappa shape index (κ2) is 4.66. The van der Waals surface area contributed by atoms with Gasteiger partial charge in [0.1, 0.15) is 5.22 Å².